The molecule has 0 unspecified atom stereocenters. The first kappa shape index (κ1) is 9.26. The zero-order valence-electron chi connectivity index (χ0n) is 7.80. The van der Waals surface area contributed by atoms with Gasteiger partial charge in [0.05, 0.1) is 0 Å². The first-order chi connectivity index (χ1) is 6.36. The molecule has 13 heavy (non-hydrogen) atoms. The fourth-order valence-electron chi connectivity index (χ4n) is 2.20. The summed E-state index contributed by atoms with van der Waals surface area (Å²) in [4.78, 5) is 0. The second kappa shape index (κ2) is 4.28. The maximum atomic E-state index is 3.53. The van der Waals surface area contributed by atoms with Crippen molar-refractivity contribution in [1.29, 1.82) is 0 Å². The van der Waals surface area contributed by atoms with E-state index < -0.39 is 0 Å². The Morgan fingerprint density at radius 2 is 1.85 bits per heavy atom. The topological polar surface area (TPSA) is 0 Å². The summed E-state index contributed by atoms with van der Waals surface area (Å²) >= 11 is 3.53. The van der Waals surface area contributed by atoms with Crippen LogP contribution in [0, 0.1) is 0 Å². The molecule has 0 radical (unpaired) electrons. The molecule has 0 amide bonds. The molecule has 0 saturated heterocycles. The summed E-state index contributed by atoms with van der Waals surface area (Å²) in [7, 11) is 0. The Kier molecular flexibility index (Phi) is 3.05. The maximum absolute atomic E-state index is 3.53. The van der Waals surface area contributed by atoms with E-state index in [9.17, 15) is 0 Å². The van der Waals surface area contributed by atoms with Crippen molar-refractivity contribution in [3.63, 3.8) is 0 Å². The zero-order chi connectivity index (χ0) is 9.10. The lowest BCUT2D eigenvalue weighted by Gasteiger charge is -2.21. The molecule has 1 fully saturated rings. The van der Waals surface area contributed by atoms with Gasteiger partial charge in [-0.05, 0) is 36.5 Å². The zero-order valence-corrected chi connectivity index (χ0v) is 9.39. The number of hydrogen-bond donors (Lipinski definition) is 0. The normalized spacial score (nSPS) is 18.8. The van der Waals surface area contributed by atoms with E-state index in [2.05, 4.69) is 40.2 Å². The lowest BCUT2D eigenvalue weighted by atomic mass is 9.84. The van der Waals surface area contributed by atoms with E-state index in [-0.39, 0.29) is 0 Å². The molecule has 1 aliphatic rings. The van der Waals surface area contributed by atoms with E-state index in [1.165, 1.54) is 42.1 Å². The SMILES string of the molecule is Brc1cccc(C2CCCCC2)c1. The van der Waals surface area contributed by atoms with Crippen LogP contribution in [0.25, 0.3) is 0 Å². The Labute approximate surface area is 88.5 Å². The Morgan fingerprint density at radius 3 is 2.54 bits per heavy atom. The van der Waals surface area contributed by atoms with Gasteiger partial charge in [0, 0.05) is 4.47 Å². The standard InChI is InChI=1S/C12H15Br/c13-12-8-4-7-11(9-12)10-5-2-1-3-6-10/h4,7-10H,1-3,5-6H2. The van der Waals surface area contributed by atoms with Gasteiger partial charge in [0.2, 0.25) is 0 Å². The summed E-state index contributed by atoms with van der Waals surface area (Å²) in [5.41, 5.74) is 1.52. The second-order valence-corrected chi connectivity index (χ2v) is 4.81. The summed E-state index contributed by atoms with van der Waals surface area (Å²) in [6.45, 7) is 0. The predicted octanol–water partition coefficient (Wildman–Crippen LogP) is 4.50. The fourth-order valence-corrected chi connectivity index (χ4v) is 2.61. The third-order valence-corrected chi connectivity index (χ3v) is 3.42. The molecule has 0 nitrogen and oxygen atoms in total. The highest BCUT2D eigenvalue weighted by atomic mass is 79.9. The smallest absolute Gasteiger partial charge is 0.0178 e. The molecular weight excluding hydrogens is 224 g/mol. The van der Waals surface area contributed by atoms with E-state index >= 15 is 0 Å². The van der Waals surface area contributed by atoms with Crippen LogP contribution in [0.4, 0.5) is 0 Å². The van der Waals surface area contributed by atoms with E-state index in [0.29, 0.717) is 0 Å². The van der Waals surface area contributed by atoms with Crippen molar-refractivity contribution in [3.05, 3.63) is 34.3 Å². The average molecular weight is 239 g/mol. The second-order valence-electron chi connectivity index (χ2n) is 3.89. The largest absolute Gasteiger partial charge is 0.0609 e. The van der Waals surface area contributed by atoms with Gasteiger partial charge >= 0.3 is 0 Å². The molecule has 0 bridgehead atoms. The van der Waals surface area contributed by atoms with E-state index in [1.807, 2.05) is 0 Å². The molecule has 1 heteroatoms. The van der Waals surface area contributed by atoms with Crippen LogP contribution in [-0.2, 0) is 0 Å². The van der Waals surface area contributed by atoms with E-state index in [4.69, 9.17) is 0 Å². The van der Waals surface area contributed by atoms with Gasteiger partial charge in [-0.15, -0.1) is 0 Å². The number of rotatable bonds is 1. The van der Waals surface area contributed by atoms with Crippen molar-refractivity contribution in [3.8, 4) is 0 Å². The van der Waals surface area contributed by atoms with E-state index in [0.717, 1.165) is 5.92 Å². The molecule has 1 aromatic rings. The summed E-state index contributed by atoms with van der Waals surface area (Å²) in [5, 5.41) is 0. The molecule has 0 aromatic heterocycles. The average Bonchev–Trinajstić information content (AvgIpc) is 2.19. The van der Waals surface area contributed by atoms with Gasteiger partial charge in [-0.1, -0.05) is 47.3 Å². The molecule has 0 spiro atoms. The lowest BCUT2D eigenvalue weighted by Crippen LogP contribution is -2.03. The molecule has 0 aliphatic heterocycles. The van der Waals surface area contributed by atoms with Crippen molar-refractivity contribution in [2.45, 2.75) is 38.0 Å². The molecule has 70 valence electrons. The van der Waals surface area contributed by atoms with Gasteiger partial charge in [0.1, 0.15) is 0 Å². The van der Waals surface area contributed by atoms with Crippen LogP contribution in [0.2, 0.25) is 0 Å². The summed E-state index contributed by atoms with van der Waals surface area (Å²) in [6, 6.07) is 8.79. The Morgan fingerprint density at radius 1 is 1.08 bits per heavy atom. The highest BCUT2D eigenvalue weighted by molar-refractivity contribution is 9.10. The van der Waals surface area contributed by atoms with Crippen LogP contribution in [0.1, 0.15) is 43.6 Å². The lowest BCUT2D eigenvalue weighted by molar-refractivity contribution is 0.443. The van der Waals surface area contributed by atoms with Gasteiger partial charge in [0.15, 0.2) is 0 Å². The van der Waals surface area contributed by atoms with Crippen LogP contribution in [0.5, 0.6) is 0 Å². The third kappa shape index (κ3) is 2.34. The molecule has 0 heterocycles. The minimum Gasteiger partial charge on any atom is -0.0609 e. The Bertz CT molecular complexity index is 274. The molecule has 1 saturated carbocycles. The van der Waals surface area contributed by atoms with Crippen LogP contribution < -0.4 is 0 Å². The minimum atomic E-state index is 0.825. The highest BCUT2D eigenvalue weighted by Gasteiger charge is 2.14. The van der Waals surface area contributed by atoms with Crippen molar-refractivity contribution in [1.82, 2.24) is 0 Å². The minimum absolute atomic E-state index is 0.825. The molecular formula is C12H15Br. The predicted molar refractivity (Wildman–Crippen MR) is 60.0 cm³/mol. The summed E-state index contributed by atoms with van der Waals surface area (Å²) in [5.74, 6) is 0.825. The highest BCUT2D eigenvalue weighted by Crippen LogP contribution is 2.33. The summed E-state index contributed by atoms with van der Waals surface area (Å²) in [6.07, 6.45) is 7.03. The Balaban J connectivity index is 2.14. The third-order valence-electron chi connectivity index (χ3n) is 2.93. The number of hydrogen-bond acceptors (Lipinski definition) is 0. The van der Waals surface area contributed by atoms with Crippen LogP contribution in [0.15, 0.2) is 28.7 Å². The van der Waals surface area contributed by atoms with Crippen LogP contribution in [-0.4, -0.2) is 0 Å². The van der Waals surface area contributed by atoms with Crippen LogP contribution >= 0.6 is 15.9 Å². The summed E-state index contributed by atoms with van der Waals surface area (Å²) < 4.78 is 1.22. The van der Waals surface area contributed by atoms with Crippen molar-refractivity contribution < 1.29 is 0 Å². The van der Waals surface area contributed by atoms with Gasteiger partial charge in [-0.3, -0.25) is 0 Å². The van der Waals surface area contributed by atoms with Crippen molar-refractivity contribution in [2.24, 2.45) is 0 Å². The molecule has 2 rings (SSSR count). The van der Waals surface area contributed by atoms with E-state index in [1.54, 1.807) is 0 Å². The first-order valence-corrected chi connectivity index (χ1v) is 5.91. The van der Waals surface area contributed by atoms with Gasteiger partial charge in [-0.2, -0.15) is 0 Å². The molecule has 1 aromatic carbocycles. The maximum Gasteiger partial charge on any atom is 0.0178 e. The van der Waals surface area contributed by atoms with Crippen molar-refractivity contribution >= 4 is 15.9 Å². The molecule has 0 atom stereocenters. The molecule has 0 N–H and O–H groups in total. The van der Waals surface area contributed by atoms with Crippen molar-refractivity contribution in [2.75, 3.05) is 0 Å². The van der Waals surface area contributed by atoms with Gasteiger partial charge < -0.3 is 0 Å². The quantitative estimate of drug-likeness (QED) is 0.677. The monoisotopic (exact) mass is 238 g/mol. The number of halogens is 1. The number of benzene rings is 1. The first-order valence-electron chi connectivity index (χ1n) is 5.12. The Hall–Kier alpha value is -0.300. The van der Waals surface area contributed by atoms with Crippen LogP contribution in [0.3, 0.4) is 0 Å². The van der Waals surface area contributed by atoms with Gasteiger partial charge in [-0.25, -0.2) is 0 Å². The molecule has 1 aliphatic carbocycles. The van der Waals surface area contributed by atoms with Gasteiger partial charge in [0.25, 0.3) is 0 Å². The fraction of sp³-hybridized carbons (Fsp3) is 0.500.